The van der Waals surface area contributed by atoms with Gasteiger partial charge in [-0.25, -0.2) is 8.78 Å². The molecule has 1 amide bonds. The topological polar surface area (TPSA) is 32.8 Å². The monoisotopic (exact) mass is 378 g/mol. The van der Waals surface area contributed by atoms with Gasteiger partial charge in [-0.1, -0.05) is 6.07 Å². The number of halogens is 2. The Hall–Kier alpha value is -1.53. The Kier molecular flexibility index (Phi) is 5.21. The van der Waals surface area contributed by atoms with Crippen molar-refractivity contribution in [3.05, 3.63) is 35.4 Å². The van der Waals surface area contributed by atoms with Crippen LogP contribution in [0.25, 0.3) is 0 Å². The third-order valence-corrected chi connectivity index (χ3v) is 6.83. The molecule has 4 rings (SSSR count). The molecule has 3 fully saturated rings. The number of amides is 1. The van der Waals surface area contributed by atoms with Crippen LogP contribution in [0, 0.1) is 17.0 Å². The van der Waals surface area contributed by atoms with Crippen molar-refractivity contribution in [3.8, 4) is 0 Å². The minimum atomic E-state index is -0.901. The summed E-state index contributed by atoms with van der Waals surface area (Å²) in [7, 11) is 1.86. The molecule has 3 atom stereocenters. The van der Waals surface area contributed by atoms with Gasteiger partial charge in [-0.2, -0.15) is 0 Å². The average Bonchev–Trinajstić information content (AvgIpc) is 3.04. The molecule has 3 aliphatic rings. The van der Waals surface area contributed by atoms with E-state index in [0.717, 1.165) is 64.1 Å². The average molecular weight is 378 g/mol. The largest absolute Gasteiger partial charge is 0.381 e. The van der Waals surface area contributed by atoms with Gasteiger partial charge in [-0.05, 0) is 68.3 Å². The van der Waals surface area contributed by atoms with Crippen molar-refractivity contribution in [1.29, 1.82) is 0 Å². The quantitative estimate of drug-likeness (QED) is 0.808. The number of likely N-dealkylation sites (N-methyl/N-ethyl adjacent to an activating group) is 1. The van der Waals surface area contributed by atoms with Crippen LogP contribution in [0.2, 0.25) is 0 Å². The van der Waals surface area contributed by atoms with E-state index in [2.05, 4.69) is 4.90 Å². The molecule has 1 spiro atoms. The zero-order valence-corrected chi connectivity index (χ0v) is 15.9. The van der Waals surface area contributed by atoms with Crippen LogP contribution in [0.1, 0.15) is 37.7 Å². The van der Waals surface area contributed by atoms with E-state index >= 15 is 0 Å². The predicted molar refractivity (Wildman–Crippen MR) is 98.3 cm³/mol. The standard InChI is InChI=1S/C21H28F2N2O2/c1-24(20(26)12-15-3-4-16(22)17(23)11-15)18-5-6-21(7-10-27-14-21)13-19(18)25-8-2-9-25/h3-4,11,18-19H,2,5-10,12-14H2,1H3. The summed E-state index contributed by atoms with van der Waals surface area (Å²) in [6, 6.07) is 4.25. The van der Waals surface area contributed by atoms with E-state index in [0.29, 0.717) is 11.6 Å². The molecule has 0 bridgehead atoms. The van der Waals surface area contributed by atoms with Gasteiger partial charge in [-0.15, -0.1) is 0 Å². The van der Waals surface area contributed by atoms with Crippen LogP contribution in [0.5, 0.6) is 0 Å². The maximum absolute atomic E-state index is 13.5. The molecule has 1 saturated carbocycles. The SMILES string of the molecule is CN(C(=O)Cc1ccc(F)c(F)c1)C1CCC2(CCOC2)CC1N1CCC1. The second-order valence-corrected chi connectivity index (χ2v) is 8.50. The fourth-order valence-corrected chi connectivity index (χ4v) is 4.97. The maximum Gasteiger partial charge on any atom is 0.227 e. The zero-order chi connectivity index (χ0) is 19.0. The van der Waals surface area contributed by atoms with Crippen LogP contribution in [0.15, 0.2) is 18.2 Å². The van der Waals surface area contributed by atoms with Gasteiger partial charge in [0.15, 0.2) is 11.6 Å². The van der Waals surface area contributed by atoms with Gasteiger partial charge in [0.25, 0.3) is 0 Å². The summed E-state index contributed by atoms with van der Waals surface area (Å²) in [5.41, 5.74) is 0.795. The molecule has 27 heavy (non-hydrogen) atoms. The number of hydrogen-bond donors (Lipinski definition) is 0. The number of hydrogen-bond acceptors (Lipinski definition) is 3. The molecule has 1 aliphatic carbocycles. The van der Waals surface area contributed by atoms with Gasteiger partial charge in [0.1, 0.15) is 0 Å². The second-order valence-electron chi connectivity index (χ2n) is 8.50. The summed E-state index contributed by atoms with van der Waals surface area (Å²) in [5, 5.41) is 0. The summed E-state index contributed by atoms with van der Waals surface area (Å²) in [4.78, 5) is 17.2. The molecule has 0 N–H and O–H groups in total. The van der Waals surface area contributed by atoms with Crippen molar-refractivity contribution >= 4 is 5.91 Å². The highest BCUT2D eigenvalue weighted by atomic mass is 19.2. The smallest absolute Gasteiger partial charge is 0.227 e. The third kappa shape index (κ3) is 3.74. The molecule has 0 aromatic heterocycles. The van der Waals surface area contributed by atoms with E-state index in [1.54, 1.807) is 0 Å². The van der Waals surface area contributed by atoms with Gasteiger partial charge in [0.05, 0.1) is 13.0 Å². The lowest BCUT2D eigenvalue weighted by atomic mass is 9.68. The summed E-state index contributed by atoms with van der Waals surface area (Å²) >= 11 is 0. The zero-order valence-electron chi connectivity index (χ0n) is 15.9. The van der Waals surface area contributed by atoms with Crippen LogP contribution >= 0.6 is 0 Å². The summed E-state index contributed by atoms with van der Waals surface area (Å²) in [6.45, 7) is 3.89. The Morgan fingerprint density at radius 3 is 2.74 bits per heavy atom. The summed E-state index contributed by atoms with van der Waals surface area (Å²) in [6.07, 6.45) is 5.59. The Bertz CT molecular complexity index is 701. The van der Waals surface area contributed by atoms with Crippen molar-refractivity contribution in [2.75, 3.05) is 33.4 Å². The second kappa shape index (κ2) is 7.47. The van der Waals surface area contributed by atoms with E-state index in [-0.39, 0.29) is 23.8 Å². The Balaban J connectivity index is 1.46. The first-order valence-corrected chi connectivity index (χ1v) is 9.99. The number of likely N-dealkylation sites (tertiary alicyclic amines) is 1. The summed E-state index contributed by atoms with van der Waals surface area (Å²) < 4.78 is 32.3. The fourth-order valence-electron chi connectivity index (χ4n) is 4.97. The van der Waals surface area contributed by atoms with Crippen molar-refractivity contribution < 1.29 is 18.3 Å². The van der Waals surface area contributed by atoms with Crippen molar-refractivity contribution in [1.82, 2.24) is 9.80 Å². The Morgan fingerprint density at radius 2 is 2.11 bits per heavy atom. The molecule has 1 aromatic rings. The highest BCUT2D eigenvalue weighted by Gasteiger charge is 2.47. The van der Waals surface area contributed by atoms with Crippen LogP contribution < -0.4 is 0 Å². The van der Waals surface area contributed by atoms with E-state index in [1.807, 2.05) is 11.9 Å². The lowest BCUT2D eigenvalue weighted by Crippen LogP contribution is -2.60. The van der Waals surface area contributed by atoms with Gasteiger partial charge < -0.3 is 9.64 Å². The van der Waals surface area contributed by atoms with Crippen molar-refractivity contribution in [3.63, 3.8) is 0 Å². The Labute approximate surface area is 159 Å². The highest BCUT2D eigenvalue weighted by molar-refractivity contribution is 5.79. The molecule has 1 aromatic carbocycles. The molecule has 148 valence electrons. The third-order valence-electron chi connectivity index (χ3n) is 6.83. The van der Waals surface area contributed by atoms with Crippen LogP contribution in [0.4, 0.5) is 8.78 Å². The normalized spacial score (nSPS) is 31.1. The van der Waals surface area contributed by atoms with E-state index in [1.165, 1.54) is 12.5 Å². The van der Waals surface area contributed by atoms with E-state index < -0.39 is 11.6 Å². The molecule has 2 heterocycles. The molecule has 2 saturated heterocycles. The minimum absolute atomic E-state index is 0.0323. The molecule has 3 unspecified atom stereocenters. The van der Waals surface area contributed by atoms with Gasteiger partial charge in [-0.3, -0.25) is 9.69 Å². The lowest BCUT2D eigenvalue weighted by Gasteiger charge is -2.52. The van der Waals surface area contributed by atoms with Crippen LogP contribution in [-0.2, 0) is 16.0 Å². The predicted octanol–water partition coefficient (Wildman–Crippen LogP) is 3.00. The van der Waals surface area contributed by atoms with E-state index in [4.69, 9.17) is 4.74 Å². The molecule has 0 radical (unpaired) electrons. The van der Waals surface area contributed by atoms with Crippen LogP contribution in [-0.4, -0.2) is 61.1 Å². The number of carbonyl (C=O) groups is 1. The van der Waals surface area contributed by atoms with Crippen molar-refractivity contribution in [2.24, 2.45) is 5.41 Å². The molecular weight excluding hydrogens is 350 g/mol. The number of ether oxygens (including phenoxy) is 1. The number of rotatable bonds is 4. The maximum atomic E-state index is 13.5. The number of carbonyl (C=O) groups excluding carboxylic acids is 1. The Morgan fingerprint density at radius 1 is 1.30 bits per heavy atom. The fraction of sp³-hybridized carbons (Fsp3) is 0.667. The summed E-state index contributed by atoms with van der Waals surface area (Å²) in [5.74, 6) is -1.81. The van der Waals surface area contributed by atoms with Gasteiger partial charge >= 0.3 is 0 Å². The van der Waals surface area contributed by atoms with Crippen LogP contribution in [0.3, 0.4) is 0 Å². The molecule has 2 aliphatic heterocycles. The number of benzene rings is 1. The molecule has 6 heteroatoms. The highest BCUT2D eigenvalue weighted by Crippen LogP contribution is 2.46. The number of nitrogens with zero attached hydrogens (tertiary/aromatic N) is 2. The van der Waals surface area contributed by atoms with E-state index in [9.17, 15) is 13.6 Å². The lowest BCUT2D eigenvalue weighted by molar-refractivity contribution is -0.135. The van der Waals surface area contributed by atoms with Crippen molar-refractivity contribution in [2.45, 2.75) is 50.6 Å². The van der Waals surface area contributed by atoms with Gasteiger partial charge in [0, 0.05) is 25.7 Å². The molecule has 4 nitrogen and oxygen atoms in total. The van der Waals surface area contributed by atoms with Gasteiger partial charge in [0.2, 0.25) is 5.91 Å². The first kappa shape index (κ1) is 18.8. The first-order valence-electron chi connectivity index (χ1n) is 9.99. The first-order chi connectivity index (χ1) is 13.0. The molecular formula is C21H28F2N2O2. The minimum Gasteiger partial charge on any atom is -0.381 e.